The number of nitrogens with two attached hydrogens (primary N) is 1. The Labute approximate surface area is 91.8 Å². The van der Waals surface area contributed by atoms with E-state index in [2.05, 4.69) is 0 Å². The Balaban J connectivity index is 2.72. The van der Waals surface area contributed by atoms with Gasteiger partial charge in [0, 0.05) is 12.5 Å². The smallest absolute Gasteiger partial charge is 0.370 e. The van der Waals surface area contributed by atoms with Crippen LogP contribution in [0.2, 0.25) is 0 Å². The van der Waals surface area contributed by atoms with Crippen LogP contribution in [-0.4, -0.2) is 57.4 Å². The van der Waals surface area contributed by atoms with E-state index in [0.717, 1.165) is 0 Å². The first-order valence-electron chi connectivity index (χ1n) is 4.80. The predicted molar refractivity (Wildman–Crippen MR) is 52.3 cm³/mol. The molecule has 1 aliphatic heterocycles. The van der Waals surface area contributed by atoms with Gasteiger partial charge < -0.3 is 30.9 Å². The summed E-state index contributed by atoms with van der Waals surface area (Å²) in [5.74, 6) is -1.64. The van der Waals surface area contributed by atoms with Gasteiger partial charge in [-0.3, -0.25) is 0 Å². The molecule has 0 aromatic heterocycles. The third kappa shape index (κ3) is 2.92. The predicted octanol–water partition coefficient (Wildman–Crippen LogP) is -2.21. The van der Waals surface area contributed by atoms with Gasteiger partial charge in [-0.05, 0) is 6.08 Å². The van der Waals surface area contributed by atoms with E-state index >= 15 is 0 Å². The summed E-state index contributed by atoms with van der Waals surface area (Å²) in [6.45, 7) is -0.637. The van der Waals surface area contributed by atoms with Crippen LogP contribution in [0.5, 0.6) is 0 Å². The Morgan fingerprint density at radius 2 is 2.25 bits per heavy atom. The van der Waals surface area contributed by atoms with Crippen LogP contribution in [-0.2, 0) is 9.53 Å². The first-order chi connectivity index (χ1) is 7.45. The highest BCUT2D eigenvalue weighted by atomic mass is 16.5. The number of aliphatic hydroxyl groups excluding tert-OH is 3. The number of aliphatic hydroxyl groups is 3. The van der Waals surface area contributed by atoms with E-state index in [-0.39, 0.29) is 12.2 Å². The molecule has 0 amide bonds. The summed E-state index contributed by atoms with van der Waals surface area (Å²) >= 11 is 0. The van der Waals surface area contributed by atoms with Crippen LogP contribution < -0.4 is 5.73 Å². The summed E-state index contributed by atoms with van der Waals surface area (Å²) < 4.78 is 4.96. The van der Waals surface area contributed by atoms with Crippen LogP contribution in [0.4, 0.5) is 0 Å². The van der Waals surface area contributed by atoms with Crippen molar-refractivity contribution in [1.82, 2.24) is 0 Å². The lowest BCUT2D eigenvalue weighted by atomic mass is 9.98. The zero-order valence-electron chi connectivity index (χ0n) is 8.48. The number of hydrogen-bond donors (Lipinski definition) is 5. The minimum Gasteiger partial charge on any atom is -0.480 e. The maximum atomic E-state index is 10.7. The molecule has 92 valence electrons. The van der Waals surface area contributed by atoms with Crippen molar-refractivity contribution in [1.29, 1.82) is 0 Å². The van der Waals surface area contributed by atoms with Crippen LogP contribution in [0, 0.1) is 0 Å². The second kappa shape index (κ2) is 5.26. The highest BCUT2D eigenvalue weighted by Gasteiger charge is 2.33. The van der Waals surface area contributed by atoms with Crippen molar-refractivity contribution in [2.24, 2.45) is 5.73 Å². The Morgan fingerprint density at radius 3 is 2.75 bits per heavy atom. The minimum absolute atomic E-state index is 0.176. The molecule has 6 N–H and O–H groups in total. The summed E-state index contributed by atoms with van der Waals surface area (Å²) in [5.41, 5.74) is 5.56. The minimum atomic E-state index is -1.38. The lowest BCUT2D eigenvalue weighted by molar-refractivity contribution is -0.143. The first-order valence-corrected chi connectivity index (χ1v) is 4.80. The molecule has 0 spiro atoms. The van der Waals surface area contributed by atoms with Gasteiger partial charge in [0.25, 0.3) is 0 Å². The highest BCUT2D eigenvalue weighted by Crippen LogP contribution is 2.20. The number of ether oxygens (including phenoxy) is 1. The zero-order chi connectivity index (χ0) is 12.3. The van der Waals surface area contributed by atoms with Crippen molar-refractivity contribution in [3.8, 4) is 0 Å². The Kier molecular flexibility index (Phi) is 4.25. The van der Waals surface area contributed by atoms with Crippen molar-refractivity contribution in [2.45, 2.75) is 30.8 Å². The summed E-state index contributed by atoms with van der Waals surface area (Å²) in [7, 11) is 0. The van der Waals surface area contributed by atoms with Crippen LogP contribution in [0.1, 0.15) is 6.42 Å². The lowest BCUT2D eigenvalue weighted by Crippen LogP contribution is -2.46. The largest absolute Gasteiger partial charge is 0.480 e. The molecule has 0 fully saturated rings. The fourth-order valence-corrected chi connectivity index (χ4v) is 1.47. The van der Waals surface area contributed by atoms with Gasteiger partial charge in [0.15, 0.2) is 0 Å². The summed E-state index contributed by atoms with van der Waals surface area (Å²) in [4.78, 5) is 10.7. The molecule has 0 unspecified atom stereocenters. The van der Waals surface area contributed by atoms with Gasteiger partial charge in [-0.25, -0.2) is 4.79 Å². The van der Waals surface area contributed by atoms with Gasteiger partial charge in [-0.1, -0.05) is 0 Å². The van der Waals surface area contributed by atoms with Crippen LogP contribution in [0.3, 0.4) is 0 Å². The molecule has 0 saturated carbocycles. The molecule has 1 heterocycles. The normalized spacial score (nSPS) is 28.9. The number of carboxylic acid groups (broad SMARTS) is 1. The number of aliphatic carboxylic acids is 1. The Bertz CT molecular complexity index is 292. The van der Waals surface area contributed by atoms with Crippen molar-refractivity contribution in [3.05, 3.63) is 11.8 Å². The molecule has 0 aliphatic carbocycles. The van der Waals surface area contributed by atoms with Gasteiger partial charge in [0.2, 0.25) is 5.76 Å². The molecule has 7 heteroatoms. The molecule has 0 saturated heterocycles. The topological polar surface area (TPSA) is 133 Å². The molecule has 0 radical (unpaired) electrons. The van der Waals surface area contributed by atoms with E-state index in [1.54, 1.807) is 0 Å². The maximum absolute atomic E-state index is 10.7. The molecule has 4 atom stereocenters. The van der Waals surface area contributed by atoms with E-state index in [1.807, 2.05) is 0 Å². The molecular weight excluding hydrogens is 218 g/mol. The SMILES string of the molecule is N[C@H]1C=C(C(=O)O)O[C@@H]([C@H](O)[C@H](O)CO)C1. The van der Waals surface area contributed by atoms with Gasteiger partial charge in [0.05, 0.1) is 6.61 Å². The quantitative estimate of drug-likeness (QED) is 0.371. The third-order valence-corrected chi connectivity index (χ3v) is 2.32. The van der Waals surface area contributed by atoms with Crippen molar-refractivity contribution < 1.29 is 30.0 Å². The monoisotopic (exact) mass is 233 g/mol. The molecule has 0 aromatic rings. The van der Waals surface area contributed by atoms with Gasteiger partial charge >= 0.3 is 5.97 Å². The van der Waals surface area contributed by atoms with E-state index in [0.29, 0.717) is 0 Å². The second-order valence-electron chi connectivity index (χ2n) is 3.63. The molecule has 7 nitrogen and oxygen atoms in total. The molecule has 1 aliphatic rings. The van der Waals surface area contributed by atoms with Gasteiger partial charge in [0.1, 0.15) is 18.3 Å². The number of carbonyl (C=O) groups is 1. The summed E-state index contributed by atoms with van der Waals surface area (Å²) in [5, 5.41) is 36.1. The fraction of sp³-hybridized carbons (Fsp3) is 0.667. The average Bonchev–Trinajstić information content (AvgIpc) is 2.26. The van der Waals surface area contributed by atoms with Crippen LogP contribution in [0.15, 0.2) is 11.8 Å². The lowest BCUT2D eigenvalue weighted by Gasteiger charge is -2.31. The average molecular weight is 233 g/mol. The summed E-state index contributed by atoms with van der Waals surface area (Å²) in [6.07, 6.45) is -2.29. The molecule has 1 rings (SSSR count). The highest BCUT2D eigenvalue weighted by molar-refractivity contribution is 5.84. The van der Waals surface area contributed by atoms with Crippen molar-refractivity contribution >= 4 is 5.97 Å². The standard InChI is InChI=1S/C9H15NO6/c10-4-1-6(8(13)5(12)3-11)16-7(2-4)9(14)15/h2,4-6,8,11-13H,1,3,10H2,(H,14,15)/t4-,5-,6-,8-/m1/s1. The van der Waals surface area contributed by atoms with Crippen molar-refractivity contribution in [3.63, 3.8) is 0 Å². The van der Waals surface area contributed by atoms with Crippen molar-refractivity contribution in [2.75, 3.05) is 6.61 Å². The molecule has 0 bridgehead atoms. The number of carboxylic acids is 1. The first kappa shape index (κ1) is 12.9. The zero-order valence-corrected chi connectivity index (χ0v) is 8.48. The molecule has 16 heavy (non-hydrogen) atoms. The van der Waals surface area contributed by atoms with Gasteiger partial charge in [-0.15, -0.1) is 0 Å². The Hall–Kier alpha value is -1.15. The van der Waals surface area contributed by atoms with Crippen LogP contribution >= 0.6 is 0 Å². The van der Waals surface area contributed by atoms with E-state index in [4.69, 9.17) is 20.7 Å². The van der Waals surface area contributed by atoms with E-state index < -0.39 is 36.9 Å². The fourth-order valence-electron chi connectivity index (χ4n) is 1.47. The molecule has 0 aromatic carbocycles. The summed E-state index contributed by atoms with van der Waals surface area (Å²) in [6, 6.07) is -0.564. The van der Waals surface area contributed by atoms with Gasteiger partial charge in [-0.2, -0.15) is 0 Å². The second-order valence-corrected chi connectivity index (χ2v) is 3.63. The maximum Gasteiger partial charge on any atom is 0.370 e. The third-order valence-electron chi connectivity index (χ3n) is 2.32. The number of hydrogen-bond acceptors (Lipinski definition) is 6. The van der Waals surface area contributed by atoms with Crippen LogP contribution in [0.25, 0.3) is 0 Å². The number of rotatable bonds is 4. The Morgan fingerprint density at radius 1 is 1.62 bits per heavy atom. The molecular formula is C9H15NO6. The van der Waals surface area contributed by atoms with E-state index in [1.165, 1.54) is 6.08 Å². The van der Waals surface area contributed by atoms with E-state index in [9.17, 15) is 15.0 Å².